The summed E-state index contributed by atoms with van der Waals surface area (Å²) in [5.74, 6) is -0.388. The van der Waals surface area contributed by atoms with Gasteiger partial charge in [0.05, 0.1) is 5.69 Å². The Balaban J connectivity index is 2.17. The first-order valence-electron chi connectivity index (χ1n) is 6.44. The monoisotopic (exact) mass is 389 g/mol. The molecule has 1 unspecified atom stereocenters. The molecule has 0 aromatic carbocycles. The number of pyridine rings is 1. The molecule has 0 spiro atoms. The maximum atomic E-state index is 11.7. The van der Waals surface area contributed by atoms with Crippen LogP contribution in [-0.2, 0) is 4.79 Å². The summed E-state index contributed by atoms with van der Waals surface area (Å²) in [7, 11) is 0. The van der Waals surface area contributed by atoms with E-state index >= 15 is 0 Å². The predicted octanol–water partition coefficient (Wildman–Crippen LogP) is 3.06. The molecule has 1 aromatic heterocycles. The minimum Gasteiger partial charge on any atom is -0.368 e. The number of nitrogens with two attached hydrogens (primary N) is 1. The van der Waals surface area contributed by atoms with E-state index in [0.717, 1.165) is 21.8 Å². The summed E-state index contributed by atoms with van der Waals surface area (Å²) >= 11 is 6.79. The molecule has 1 fully saturated rings. The van der Waals surface area contributed by atoms with Gasteiger partial charge in [0.2, 0.25) is 5.91 Å². The number of rotatable bonds is 4. The molecule has 1 aromatic rings. The second kappa shape index (κ2) is 6.81. The maximum absolute atomic E-state index is 11.7. The minimum atomic E-state index is -0.537. The lowest BCUT2D eigenvalue weighted by Gasteiger charge is -2.27. The fourth-order valence-electron chi connectivity index (χ4n) is 2.44. The van der Waals surface area contributed by atoms with E-state index in [1.807, 2.05) is 6.07 Å². The molecule has 0 radical (unpaired) electrons. The highest BCUT2D eigenvalue weighted by molar-refractivity contribution is 9.11. The average molecular weight is 391 g/mol. The number of hydrogen-bond acceptors (Lipinski definition) is 3. The Labute approximate surface area is 129 Å². The molecule has 2 rings (SSSR count). The molecule has 6 heteroatoms. The van der Waals surface area contributed by atoms with Crippen molar-refractivity contribution in [2.75, 3.05) is 0 Å². The summed E-state index contributed by atoms with van der Waals surface area (Å²) in [5.41, 5.74) is 6.17. The topological polar surface area (TPSA) is 68.0 Å². The van der Waals surface area contributed by atoms with E-state index in [2.05, 4.69) is 42.2 Å². The van der Waals surface area contributed by atoms with Gasteiger partial charge in [-0.1, -0.05) is 19.3 Å². The van der Waals surface area contributed by atoms with Crippen LogP contribution in [0.15, 0.2) is 21.2 Å². The highest BCUT2D eigenvalue weighted by atomic mass is 79.9. The first-order chi connectivity index (χ1) is 9.08. The molecule has 104 valence electrons. The SMILES string of the molecule is NC(=O)C(NC1CCCCC1)c1ncc(Br)cc1Br. The van der Waals surface area contributed by atoms with Crippen molar-refractivity contribution in [1.82, 2.24) is 10.3 Å². The molecule has 3 N–H and O–H groups in total. The van der Waals surface area contributed by atoms with Crippen molar-refractivity contribution in [3.8, 4) is 0 Å². The van der Waals surface area contributed by atoms with Gasteiger partial charge < -0.3 is 5.73 Å². The number of hydrogen-bond donors (Lipinski definition) is 2. The summed E-state index contributed by atoms with van der Waals surface area (Å²) in [6, 6.07) is 1.69. The smallest absolute Gasteiger partial charge is 0.240 e. The second-order valence-electron chi connectivity index (χ2n) is 4.86. The van der Waals surface area contributed by atoms with Crippen LogP contribution in [0.2, 0.25) is 0 Å². The highest BCUT2D eigenvalue weighted by Crippen LogP contribution is 2.26. The van der Waals surface area contributed by atoms with Crippen LogP contribution in [0.5, 0.6) is 0 Å². The fourth-order valence-corrected chi connectivity index (χ4v) is 3.65. The van der Waals surface area contributed by atoms with Gasteiger partial charge in [-0.25, -0.2) is 0 Å². The van der Waals surface area contributed by atoms with Gasteiger partial charge in [0, 0.05) is 21.2 Å². The lowest BCUT2D eigenvalue weighted by atomic mass is 9.94. The Hall–Kier alpha value is -0.460. The summed E-state index contributed by atoms with van der Waals surface area (Å²) in [6.45, 7) is 0. The molecular formula is C13H17Br2N3O. The maximum Gasteiger partial charge on any atom is 0.240 e. The minimum absolute atomic E-state index is 0.351. The molecule has 1 aliphatic carbocycles. The van der Waals surface area contributed by atoms with Gasteiger partial charge in [-0.2, -0.15) is 0 Å². The van der Waals surface area contributed by atoms with E-state index in [4.69, 9.17) is 5.73 Å². The number of amides is 1. The van der Waals surface area contributed by atoms with Crippen molar-refractivity contribution < 1.29 is 4.79 Å². The van der Waals surface area contributed by atoms with Gasteiger partial charge in [0.15, 0.2) is 0 Å². The lowest BCUT2D eigenvalue weighted by molar-refractivity contribution is -0.120. The van der Waals surface area contributed by atoms with Crippen LogP contribution in [0.4, 0.5) is 0 Å². The zero-order valence-corrected chi connectivity index (χ0v) is 13.7. The van der Waals surface area contributed by atoms with Gasteiger partial charge in [-0.3, -0.25) is 15.1 Å². The molecule has 0 saturated heterocycles. The van der Waals surface area contributed by atoms with Crippen LogP contribution in [-0.4, -0.2) is 16.9 Å². The number of halogens is 2. The molecule has 4 nitrogen and oxygen atoms in total. The van der Waals surface area contributed by atoms with Crippen molar-refractivity contribution in [1.29, 1.82) is 0 Å². The van der Waals surface area contributed by atoms with Crippen LogP contribution in [0, 0.1) is 0 Å². The Morgan fingerprint density at radius 2 is 2.05 bits per heavy atom. The van der Waals surface area contributed by atoms with Crippen LogP contribution in [0.1, 0.15) is 43.8 Å². The van der Waals surface area contributed by atoms with Crippen molar-refractivity contribution in [2.45, 2.75) is 44.2 Å². The van der Waals surface area contributed by atoms with Gasteiger partial charge in [-0.15, -0.1) is 0 Å². The molecule has 1 saturated carbocycles. The molecule has 19 heavy (non-hydrogen) atoms. The number of nitrogens with zero attached hydrogens (tertiary/aromatic N) is 1. The third kappa shape index (κ3) is 4.00. The van der Waals surface area contributed by atoms with Crippen molar-refractivity contribution in [3.63, 3.8) is 0 Å². The van der Waals surface area contributed by atoms with Crippen LogP contribution < -0.4 is 11.1 Å². The van der Waals surface area contributed by atoms with Crippen molar-refractivity contribution >= 4 is 37.8 Å². The molecule has 0 aliphatic heterocycles. The van der Waals surface area contributed by atoms with Gasteiger partial charge in [0.25, 0.3) is 0 Å². The fraction of sp³-hybridized carbons (Fsp3) is 0.538. The van der Waals surface area contributed by atoms with Gasteiger partial charge in [-0.05, 0) is 50.8 Å². The van der Waals surface area contributed by atoms with E-state index in [-0.39, 0.29) is 5.91 Å². The van der Waals surface area contributed by atoms with E-state index in [1.54, 1.807) is 6.20 Å². The van der Waals surface area contributed by atoms with E-state index in [0.29, 0.717) is 11.7 Å². The number of primary amides is 1. The van der Waals surface area contributed by atoms with Gasteiger partial charge >= 0.3 is 0 Å². The van der Waals surface area contributed by atoms with Crippen LogP contribution >= 0.6 is 31.9 Å². The van der Waals surface area contributed by atoms with Crippen LogP contribution in [0.3, 0.4) is 0 Å². The zero-order valence-electron chi connectivity index (χ0n) is 10.5. The average Bonchev–Trinajstić information content (AvgIpc) is 2.38. The van der Waals surface area contributed by atoms with Crippen molar-refractivity contribution in [2.24, 2.45) is 5.73 Å². The normalized spacial score (nSPS) is 18.2. The number of nitrogens with one attached hydrogen (secondary N) is 1. The summed E-state index contributed by atoms with van der Waals surface area (Å²) in [4.78, 5) is 16.0. The lowest BCUT2D eigenvalue weighted by Crippen LogP contribution is -2.41. The third-order valence-corrected chi connectivity index (χ3v) is 4.47. The largest absolute Gasteiger partial charge is 0.368 e. The summed E-state index contributed by atoms with van der Waals surface area (Å²) < 4.78 is 1.65. The molecule has 1 heterocycles. The Kier molecular flexibility index (Phi) is 5.36. The molecule has 1 aliphatic rings. The van der Waals surface area contributed by atoms with Crippen molar-refractivity contribution in [3.05, 3.63) is 26.9 Å². The standard InChI is InChI=1S/C13H17Br2N3O/c14-8-6-10(15)11(17-7-8)12(13(16)19)18-9-4-2-1-3-5-9/h6-7,9,12,18H,1-5H2,(H2,16,19). The Bertz CT molecular complexity index is 461. The van der Waals surface area contributed by atoms with E-state index in [9.17, 15) is 4.79 Å². The summed E-state index contributed by atoms with van der Waals surface area (Å²) in [6.07, 6.45) is 7.56. The second-order valence-corrected chi connectivity index (χ2v) is 6.63. The molecular weight excluding hydrogens is 374 g/mol. The molecule has 1 atom stereocenters. The van der Waals surface area contributed by atoms with Gasteiger partial charge in [0.1, 0.15) is 6.04 Å². The quantitative estimate of drug-likeness (QED) is 0.829. The van der Waals surface area contributed by atoms with Crippen LogP contribution in [0.25, 0.3) is 0 Å². The first-order valence-corrected chi connectivity index (χ1v) is 8.03. The molecule has 0 bridgehead atoms. The Morgan fingerprint density at radius 1 is 1.37 bits per heavy atom. The number of carbonyl (C=O) groups excluding carboxylic acids is 1. The highest BCUT2D eigenvalue weighted by Gasteiger charge is 2.25. The summed E-state index contributed by atoms with van der Waals surface area (Å²) in [5, 5.41) is 3.35. The Morgan fingerprint density at radius 3 is 2.63 bits per heavy atom. The zero-order chi connectivity index (χ0) is 13.8. The molecule has 1 amide bonds. The van der Waals surface area contributed by atoms with E-state index < -0.39 is 6.04 Å². The third-order valence-electron chi connectivity index (χ3n) is 3.40. The number of aromatic nitrogens is 1. The first kappa shape index (κ1) is 14.9. The predicted molar refractivity (Wildman–Crippen MR) is 81.6 cm³/mol. The number of carbonyl (C=O) groups is 1. The van der Waals surface area contributed by atoms with E-state index in [1.165, 1.54) is 19.3 Å².